The molecule has 18 heavy (non-hydrogen) atoms. The fourth-order valence-electron chi connectivity index (χ4n) is 1.85. The second-order valence-electron chi connectivity index (χ2n) is 3.87. The minimum atomic E-state index is -0.603. The molecule has 4 nitrogen and oxygen atoms in total. The Hall–Kier alpha value is -2.10. The van der Waals surface area contributed by atoms with Gasteiger partial charge in [0.05, 0.1) is 12.2 Å². The molecule has 1 heterocycles. The predicted molar refractivity (Wildman–Crippen MR) is 66.9 cm³/mol. The van der Waals surface area contributed by atoms with Crippen molar-refractivity contribution in [1.82, 2.24) is 0 Å². The number of hydrogen-bond acceptors (Lipinski definition) is 4. The highest BCUT2D eigenvalue weighted by Crippen LogP contribution is 2.26. The summed E-state index contributed by atoms with van der Waals surface area (Å²) in [6.45, 7) is 3.97. The molecule has 0 amide bonds. The highest BCUT2D eigenvalue weighted by Gasteiger charge is 2.21. The molecule has 4 heteroatoms. The maximum Gasteiger partial charge on any atom is 0.375 e. The Bertz CT molecular complexity index is 595. The minimum absolute atomic E-state index is 0.0184. The van der Waals surface area contributed by atoms with Crippen molar-refractivity contribution >= 4 is 23.2 Å². The lowest BCUT2D eigenvalue weighted by atomic mass is 10.1. The van der Waals surface area contributed by atoms with Crippen LogP contribution in [0.1, 0.15) is 40.3 Å². The molecule has 94 valence electrons. The predicted octanol–water partition coefficient (Wildman–Crippen LogP) is 2.98. The number of furan rings is 1. The standard InChI is InChI=1S/C14H14O4/c1-3-9-5-6-12-10(7-9)11(8-15)13(18-12)14(16)17-4-2/h5-8H,3-4H2,1-2H3. The van der Waals surface area contributed by atoms with Gasteiger partial charge in [0.1, 0.15) is 5.58 Å². The Morgan fingerprint density at radius 3 is 2.78 bits per heavy atom. The first kappa shape index (κ1) is 12.4. The van der Waals surface area contributed by atoms with Gasteiger partial charge in [-0.05, 0) is 31.0 Å². The van der Waals surface area contributed by atoms with Crippen molar-refractivity contribution in [1.29, 1.82) is 0 Å². The van der Waals surface area contributed by atoms with E-state index in [0.717, 1.165) is 12.0 Å². The average molecular weight is 246 g/mol. The Morgan fingerprint density at radius 2 is 2.17 bits per heavy atom. The van der Waals surface area contributed by atoms with Gasteiger partial charge in [-0.2, -0.15) is 0 Å². The Morgan fingerprint density at radius 1 is 1.39 bits per heavy atom. The van der Waals surface area contributed by atoms with E-state index in [2.05, 4.69) is 0 Å². The number of benzene rings is 1. The van der Waals surface area contributed by atoms with Gasteiger partial charge < -0.3 is 9.15 Å². The third-order valence-corrected chi connectivity index (χ3v) is 2.78. The van der Waals surface area contributed by atoms with E-state index in [4.69, 9.17) is 9.15 Å². The molecule has 0 spiro atoms. The molecule has 0 aliphatic carbocycles. The third-order valence-electron chi connectivity index (χ3n) is 2.78. The first-order chi connectivity index (χ1) is 8.71. The van der Waals surface area contributed by atoms with Crippen LogP contribution in [0.3, 0.4) is 0 Å². The number of hydrogen-bond donors (Lipinski definition) is 0. The molecule has 0 saturated carbocycles. The Balaban J connectivity index is 2.61. The number of carbonyl (C=O) groups is 2. The lowest BCUT2D eigenvalue weighted by Crippen LogP contribution is -2.05. The molecule has 0 bridgehead atoms. The molecule has 0 atom stereocenters. The second-order valence-corrected chi connectivity index (χ2v) is 3.87. The zero-order valence-corrected chi connectivity index (χ0v) is 10.4. The molecule has 0 aliphatic rings. The maximum atomic E-state index is 11.7. The SMILES string of the molecule is CCOC(=O)c1oc2ccc(CC)cc2c1C=O. The van der Waals surface area contributed by atoms with E-state index in [1.54, 1.807) is 13.0 Å². The first-order valence-electron chi connectivity index (χ1n) is 5.89. The highest BCUT2D eigenvalue weighted by atomic mass is 16.5. The summed E-state index contributed by atoms with van der Waals surface area (Å²) in [6, 6.07) is 5.55. The second kappa shape index (κ2) is 5.04. The van der Waals surface area contributed by atoms with Gasteiger partial charge in [-0.25, -0.2) is 4.79 Å². The van der Waals surface area contributed by atoms with Crippen LogP contribution in [0.5, 0.6) is 0 Å². The van der Waals surface area contributed by atoms with E-state index in [1.807, 2.05) is 19.1 Å². The molecule has 0 N–H and O–H groups in total. The van der Waals surface area contributed by atoms with Crippen LogP contribution in [0, 0.1) is 0 Å². The van der Waals surface area contributed by atoms with Crippen molar-refractivity contribution in [2.45, 2.75) is 20.3 Å². The molecule has 0 unspecified atom stereocenters. The monoisotopic (exact) mass is 246 g/mol. The average Bonchev–Trinajstić information content (AvgIpc) is 2.76. The van der Waals surface area contributed by atoms with Crippen LogP contribution in [-0.2, 0) is 11.2 Å². The number of carbonyl (C=O) groups excluding carboxylic acids is 2. The molecule has 0 saturated heterocycles. The largest absolute Gasteiger partial charge is 0.460 e. The van der Waals surface area contributed by atoms with Crippen LogP contribution >= 0.6 is 0 Å². The van der Waals surface area contributed by atoms with E-state index in [9.17, 15) is 9.59 Å². The van der Waals surface area contributed by atoms with Crippen LogP contribution in [0.15, 0.2) is 22.6 Å². The van der Waals surface area contributed by atoms with E-state index < -0.39 is 5.97 Å². The van der Waals surface area contributed by atoms with Gasteiger partial charge in [0.25, 0.3) is 0 Å². The fourth-order valence-corrected chi connectivity index (χ4v) is 1.85. The quantitative estimate of drug-likeness (QED) is 0.614. The molecule has 2 rings (SSSR count). The summed E-state index contributed by atoms with van der Waals surface area (Å²) < 4.78 is 10.3. The minimum Gasteiger partial charge on any atom is -0.460 e. The molecular weight excluding hydrogens is 232 g/mol. The molecular formula is C14H14O4. The highest BCUT2D eigenvalue weighted by molar-refractivity contribution is 6.06. The van der Waals surface area contributed by atoms with E-state index >= 15 is 0 Å². The number of rotatable bonds is 4. The Kier molecular flexibility index (Phi) is 3.46. The van der Waals surface area contributed by atoms with E-state index in [1.165, 1.54) is 0 Å². The van der Waals surface area contributed by atoms with Gasteiger partial charge in [0.15, 0.2) is 6.29 Å². The van der Waals surface area contributed by atoms with Crippen molar-refractivity contribution in [3.05, 3.63) is 35.1 Å². The summed E-state index contributed by atoms with van der Waals surface area (Å²) in [5.41, 5.74) is 1.87. The molecule has 2 aromatic rings. The van der Waals surface area contributed by atoms with Crippen molar-refractivity contribution < 1.29 is 18.7 Å². The van der Waals surface area contributed by atoms with Gasteiger partial charge in [0, 0.05) is 5.39 Å². The van der Waals surface area contributed by atoms with Gasteiger partial charge >= 0.3 is 5.97 Å². The lowest BCUT2D eigenvalue weighted by molar-refractivity contribution is 0.0490. The molecule has 1 aromatic heterocycles. The van der Waals surface area contributed by atoms with Crippen LogP contribution in [0.2, 0.25) is 0 Å². The Labute approximate surface area is 105 Å². The normalized spacial score (nSPS) is 10.6. The van der Waals surface area contributed by atoms with Gasteiger partial charge in [-0.15, -0.1) is 0 Å². The van der Waals surface area contributed by atoms with Crippen molar-refractivity contribution in [2.24, 2.45) is 0 Å². The van der Waals surface area contributed by atoms with Crippen LogP contribution in [0.4, 0.5) is 0 Å². The summed E-state index contributed by atoms with van der Waals surface area (Å²) in [5, 5.41) is 0.660. The molecule has 1 aromatic carbocycles. The third kappa shape index (κ3) is 2.01. The first-order valence-corrected chi connectivity index (χ1v) is 5.89. The molecule has 0 fully saturated rings. The number of aryl methyl sites for hydroxylation is 1. The summed E-state index contributed by atoms with van der Waals surface area (Å²) in [6.07, 6.45) is 1.49. The van der Waals surface area contributed by atoms with Gasteiger partial charge in [-0.3, -0.25) is 4.79 Å². The zero-order chi connectivity index (χ0) is 13.1. The fraction of sp³-hybridized carbons (Fsp3) is 0.286. The van der Waals surface area contributed by atoms with Gasteiger partial charge in [0.2, 0.25) is 5.76 Å². The van der Waals surface area contributed by atoms with Gasteiger partial charge in [-0.1, -0.05) is 13.0 Å². The van der Waals surface area contributed by atoms with Crippen molar-refractivity contribution in [3.8, 4) is 0 Å². The van der Waals surface area contributed by atoms with E-state index in [0.29, 0.717) is 17.3 Å². The summed E-state index contributed by atoms with van der Waals surface area (Å²) in [4.78, 5) is 22.8. The number of ether oxygens (including phenoxy) is 1. The van der Waals surface area contributed by atoms with Crippen LogP contribution in [-0.4, -0.2) is 18.9 Å². The molecule has 0 radical (unpaired) electrons. The topological polar surface area (TPSA) is 56.5 Å². The summed E-state index contributed by atoms with van der Waals surface area (Å²) in [7, 11) is 0. The van der Waals surface area contributed by atoms with Crippen molar-refractivity contribution in [3.63, 3.8) is 0 Å². The van der Waals surface area contributed by atoms with Crippen LogP contribution in [0.25, 0.3) is 11.0 Å². The lowest BCUT2D eigenvalue weighted by Gasteiger charge is -1.97. The summed E-state index contributed by atoms with van der Waals surface area (Å²) in [5.74, 6) is -0.621. The smallest absolute Gasteiger partial charge is 0.375 e. The maximum absolute atomic E-state index is 11.7. The number of esters is 1. The zero-order valence-electron chi connectivity index (χ0n) is 10.4. The van der Waals surface area contributed by atoms with Crippen molar-refractivity contribution in [2.75, 3.05) is 6.61 Å². The number of aldehydes is 1. The molecule has 0 aliphatic heterocycles. The number of fused-ring (bicyclic) bond motifs is 1. The van der Waals surface area contributed by atoms with Crippen LogP contribution < -0.4 is 0 Å². The van der Waals surface area contributed by atoms with E-state index in [-0.39, 0.29) is 17.9 Å². The summed E-state index contributed by atoms with van der Waals surface area (Å²) >= 11 is 0.